The Kier molecular flexibility index (Phi) is 3.84. The largest absolute Gasteiger partial charge is 0.350 e. The maximum Gasteiger partial charge on any atom is 0.272 e. The van der Waals surface area contributed by atoms with Crippen LogP contribution in [0.2, 0.25) is 0 Å². The van der Waals surface area contributed by atoms with E-state index in [1.165, 1.54) is 0 Å². The van der Waals surface area contributed by atoms with Gasteiger partial charge in [0.1, 0.15) is 5.69 Å². The first-order chi connectivity index (χ1) is 12.0. The van der Waals surface area contributed by atoms with Gasteiger partial charge in [0, 0.05) is 40.2 Å². The molecule has 4 rings (SSSR count). The summed E-state index contributed by atoms with van der Waals surface area (Å²) in [5, 5.41) is 3.91. The highest BCUT2D eigenvalue weighted by Crippen LogP contribution is 2.30. The highest BCUT2D eigenvalue weighted by molar-refractivity contribution is 9.10. The van der Waals surface area contributed by atoms with Crippen molar-refractivity contribution in [3.8, 4) is 0 Å². The smallest absolute Gasteiger partial charge is 0.272 e. The third-order valence-electron chi connectivity index (χ3n) is 4.44. The number of hydrogen-bond donors (Lipinski definition) is 2. The Bertz CT molecular complexity index is 1010. The molecule has 1 aliphatic heterocycles. The minimum absolute atomic E-state index is 0.0415. The standard InChI is InChI=1S/C19H16BrN3O2/c1-11(24)23-7-6-13-8-15(4-5-18(13)23)21-19(25)17-9-12-2-3-14(20)10-16(12)22-17/h2-5,8-10,22H,6-7H2,1H3,(H,21,25). The number of carbonyl (C=O) groups excluding carboxylic acids is 2. The van der Waals surface area contributed by atoms with Gasteiger partial charge in [-0.2, -0.15) is 0 Å². The zero-order chi connectivity index (χ0) is 17.6. The number of benzene rings is 2. The number of fused-ring (bicyclic) bond motifs is 2. The lowest BCUT2D eigenvalue weighted by atomic mass is 10.1. The van der Waals surface area contributed by atoms with Crippen molar-refractivity contribution in [2.24, 2.45) is 0 Å². The van der Waals surface area contributed by atoms with Crippen LogP contribution in [0.4, 0.5) is 11.4 Å². The normalized spacial score (nSPS) is 13.1. The molecule has 1 aromatic heterocycles. The van der Waals surface area contributed by atoms with Crippen molar-refractivity contribution in [2.75, 3.05) is 16.8 Å². The Balaban J connectivity index is 1.57. The van der Waals surface area contributed by atoms with Crippen LogP contribution < -0.4 is 10.2 Å². The van der Waals surface area contributed by atoms with Gasteiger partial charge in [-0.15, -0.1) is 0 Å². The Hall–Kier alpha value is -2.60. The van der Waals surface area contributed by atoms with Crippen molar-refractivity contribution >= 4 is 50.0 Å². The number of carbonyl (C=O) groups is 2. The van der Waals surface area contributed by atoms with Crippen molar-refractivity contribution in [1.82, 2.24) is 4.98 Å². The molecule has 5 nitrogen and oxygen atoms in total. The van der Waals surface area contributed by atoms with Crippen molar-refractivity contribution in [3.63, 3.8) is 0 Å². The fourth-order valence-corrected chi connectivity index (χ4v) is 3.59. The van der Waals surface area contributed by atoms with Gasteiger partial charge in [-0.25, -0.2) is 0 Å². The molecule has 0 fully saturated rings. The first-order valence-electron chi connectivity index (χ1n) is 8.02. The molecule has 0 radical (unpaired) electrons. The molecule has 0 atom stereocenters. The molecular weight excluding hydrogens is 382 g/mol. The van der Waals surface area contributed by atoms with E-state index in [-0.39, 0.29) is 11.8 Å². The van der Waals surface area contributed by atoms with Gasteiger partial charge in [0.25, 0.3) is 5.91 Å². The Morgan fingerprint density at radius 1 is 1.16 bits per heavy atom. The maximum absolute atomic E-state index is 12.5. The van der Waals surface area contributed by atoms with Crippen LogP contribution in [0, 0.1) is 0 Å². The summed E-state index contributed by atoms with van der Waals surface area (Å²) >= 11 is 3.43. The van der Waals surface area contributed by atoms with Gasteiger partial charge in [0.05, 0.1) is 0 Å². The minimum atomic E-state index is -0.186. The molecule has 2 aromatic carbocycles. The molecule has 2 N–H and O–H groups in total. The molecule has 0 spiro atoms. The van der Waals surface area contributed by atoms with Crippen molar-refractivity contribution in [2.45, 2.75) is 13.3 Å². The van der Waals surface area contributed by atoms with Crippen molar-refractivity contribution < 1.29 is 9.59 Å². The van der Waals surface area contributed by atoms with Crippen molar-refractivity contribution in [3.05, 3.63) is 58.2 Å². The molecule has 3 aromatic rings. The van der Waals surface area contributed by atoms with Gasteiger partial charge in [-0.3, -0.25) is 9.59 Å². The third kappa shape index (κ3) is 2.93. The van der Waals surface area contributed by atoms with Crippen LogP contribution in [0.1, 0.15) is 23.0 Å². The molecule has 6 heteroatoms. The summed E-state index contributed by atoms with van der Waals surface area (Å²) < 4.78 is 0.961. The van der Waals surface area contributed by atoms with Gasteiger partial charge >= 0.3 is 0 Å². The van der Waals surface area contributed by atoms with Gasteiger partial charge in [-0.05, 0) is 48.4 Å². The quantitative estimate of drug-likeness (QED) is 0.683. The summed E-state index contributed by atoms with van der Waals surface area (Å²) in [6.45, 7) is 2.26. The number of aromatic amines is 1. The fraction of sp³-hybridized carbons (Fsp3) is 0.158. The predicted octanol–water partition coefficient (Wildman–Crippen LogP) is 4.09. The lowest BCUT2D eigenvalue weighted by molar-refractivity contribution is -0.116. The second-order valence-corrected chi connectivity index (χ2v) is 7.05. The van der Waals surface area contributed by atoms with E-state index in [2.05, 4.69) is 26.2 Å². The Morgan fingerprint density at radius 3 is 2.80 bits per heavy atom. The van der Waals surface area contributed by atoms with E-state index in [1.807, 2.05) is 42.5 Å². The van der Waals surface area contributed by atoms with E-state index in [0.29, 0.717) is 12.2 Å². The number of halogens is 1. The lowest BCUT2D eigenvalue weighted by Crippen LogP contribution is -2.25. The van der Waals surface area contributed by atoms with E-state index < -0.39 is 0 Å². The van der Waals surface area contributed by atoms with Gasteiger partial charge in [-0.1, -0.05) is 22.0 Å². The van der Waals surface area contributed by atoms with Gasteiger partial charge in [0.15, 0.2) is 0 Å². The first-order valence-corrected chi connectivity index (χ1v) is 8.81. The van der Waals surface area contributed by atoms with Crippen LogP contribution in [0.5, 0.6) is 0 Å². The highest BCUT2D eigenvalue weighted by Gasteiger charge is 2.22. The number of anilines is 2. The van der Waals surface area contributed by atoms with E-state index >= 15 is 0 Å². The van der Waals surface area contributed by atoms with Crippen LogP contribution in [0.15, 0.2) is 46.9 Å². The molecule has 2 heterocycles. The van der Waals surface area contributed by atoms with Crippen LogP contribution in [0.25, 0.3) is 10.9 Å². The molecule has 0 aliphatic carbocycles. The summed E-state index contributed by atoms with van der Waals surface area (Å²) in [6.07, 6.45) is 0.805. The van der Waals surface area contributed by atoms with E-state index in [4.69, 9.17) is 0 Å². The SMILES string of the molecule is CC(=O)N1CCc2cc(NC(=O)c3cc4ccc(Br)cc4[nH]3)ccc21. The number of hydrogen-bond acceptors (Lipinski definition) is 2. The summed E-state index contributed by atoms with van der Waals surface area (Å²) in [5.41, 5.74) is 4.16. The molecule has 0 bridgehead atoms. The number of nitrogens with zero attached hydrogens (tertiary/aromatic N) is 1. The highest BCUT2D eigenvalue weighted by atomic mass is 79.9. The van der Waals surface area contributed by atoms with Crippen LogP contribution in [-0.2, 0) is 11.2 Å². The number of aromatic nitrogens is 1. The predicted molar refractivity (Wildman–Crippen MR) is 102 cm³/mol. The fourth-order valence-electron chi connectivity index (χ4n) is 3.23. The minimum Gasteiger partial charge on any atom is -0.350 e. The molecule has 1 aliphatic rings. The zero-order valence-electron chi connectivity index (χ0n) is 13.6. The van der Waals surface area contributed by atoms with Crippen LogP contribution >= 0.6 is 15.9 Å². The molecule has 0 saturated heterocycles. The third-order valence-corrected chi connectivity index (χ3v) is 4.94. The molecule has 25 heavy (non-hydrogen) atoms. The summed E-state index contributed by atoms with van der Waals surface area (Å²) in [4.78, 5) is 29.0. The zero-order valence-corrected chi connectivity index (χ0v) is 15.2. The summed E-state index contributed by atoms with van der Waals surface area (Å²) in [7, 11) is 0. The molecule has 0 unspecified atom stereocenters. The van der Waals surface area contributed by atoms with E-state index in [1.54, 1.807) is 11.8 Å². The Labute approximate surface area is 153 Å². The monoisotopic (exact) mass is 397 g/mol. The molecular formula is C19H16BrN3O2. The maximum atomic E-state index is 12.5. The van der Waals surface area contributed by atoms with Crippen molar-refractivity contribution in [1.29, 1.82) is 0 Å². The average molecular weight is 398 g/mol. The van der Waals surface area contributed by atoms with E-state index in [0.717, 1.165) is 38.7 Å². The number of rotatable bonds is 2. The topological polar surface area (TPSA) is 65.2 Å². The number of nitrogens with one attached hydrogen (secondary N) is 2. The summed E-state index contributed by atoms with van der Waals surface area (Å²) in [5.74, 6) is -0.145. The average Bonchev–Trinajstić information content (AvgIpc) is 3.17. The second-order valence-electron chi connectivity index (χ2n) is 6.13. The van der Waals surface area contributed by atoms with Crippen LogP contribution in [-0.4, -0.2) is 23.3 Å². The molecule has 126 valence electrons. The second kappa shape index (κ2) is 6.04. The molecule has 0 saturated carbocycles. The van der Waals surface area contributed by atoms with E-state index in [9.17, 15) is 9.59 Å². The first kappa shape index (κ1) is 15.9. The summed E-state index contributed by atoms with van der Waals surface area (Å²) in [6, 6.07) is 13.3. The number of H-pyrrole nitrogens is 1. The Morgan fingerprint density at radius 2 is 2.00 bits per heavy atom. The van der Waals surface area contributed by atoms with Gasteiger partial charge < -0.3 is 15.2 Å². The number of amides is 2. The lowest BCUT2D eigenvalue weighted by Gasteiger charge is -2.15. The van der Waals surface area contributed by atoms with Gasteiger partial charge in [0.2, 0.25) is 5.91 Å². The van der Waals surface area contributed by atoms with Crippen LogP contribution in [0.3, 0.4) is 0 Å². The molecule has 2 amide bonds.